The number of thioether (sulfide) groups is 2. The minimum atomic E-state index is -0.521. The van der Waals surface area contributed by atoms with E-state index < -0.39 is 23.4 Å². The summed E-state index contributed by atoms with van der Waals surface area (Å²) in [4.78, 5) is 23.6. The van der Waals surface area contributed by atoms with Gasteiger partial charge in [0.15, 0.2) is 32.6 Å². The second-order valence-electron chi connectivity index (χ2n) is 19.8. The number of benzene rings is 6. The zero-order valence-electron chi connectivity index (χ0n) is 47.0. The maximum absolute atomic E-state index is 12.0. The predicted octanol–water partition coefficient (Wildman–Crippen LogP) is 14.1. The molecule has 5 N–H and O–H groups in total. The summed E-state index contributed by atoms with van der Waals surface area (Å²) >= 11 is 11.9. The molecule has 3 aromatic heterocycles. The molecule has 6 aromatic carbocycles. The van der Waals surface area contributed by atoms with Gasteiger partial charge in [-0.25, -0.2) is 9.59 Å². The summed E-state index contributed by atoms with van der Waals surface area (Å²) in [6, 6.07) is 60.7. The van der Waals surface area contributed by atoms with Crippen LogP contribution in [0.1, 0.15) is 58.2 Å². The molecule has 0 saturated carbocycles. The van der Waals surface area contributed by atoms with Crippen molar-refractivity contribution in [1.29, 1.82) is 0 Å². The van der Waals surface area contributed by atoms with Crippen molar-refractivity contribution in [1.82, 2.24) is 54.9 Å². The maximum atomic E-state index is 12.0. The van der Waals surface area contributed by atoms with Crippen molar-refractivity contribution in [2.45, 2.75) is 99.5 Å². The van der Waals surface area contributed by atoms with Crippen LogP contribution in [0.25, 0.3) is 34.2 Å². The molecular weight excluding hydrogens is 1180 g/mol. The van der Waals surface area contributed by atoms with Gasteiger partial charge in [-0.1, -0.05) is 221 Å². The first-order valence-corrected chi connectivity index (χ1v) is 29.9. The van der Waals surface area contributed by atoms with E-state index >= 15 is 0 Å². The van der Waals surface area contributed by atoms with Crippen LogP contribution in [0.4, 0.5) is 9.59 Å². The average Bonchev–Trinajstić information content (AvgIpc) is 4.42. The summed E-state index contributed by atoms with van der Waals surface area (Å²) in [7, 11) is 0. The molecule has 3 heterocycles. The smallest absolute Gasteiger partial charge is 0.407 e. The largest absolute Gasteiger partial charge is 0.444 e. The summed E-state index contributed by atoms with van der Waals surface area (Å²) in [6.07, 6.45) is -0.867. The number of hydrogen-bond acceptors (Lipinski definition) is 13. The minimum Gasteiger partial charge on any atom is -0.444 e. The van der Waals surface area contributed by atoms with E-state index in [1.54, 1.807) is 23.5 Å². The molecule has 0 bridgehead atoms. The lowest BCUT2D eigenvalue weighted by molar-refractivity contribution is 0.0514. The second-order valence-corrected chi connectivity index (χ2v) is 22.7. The molecule has 0 atom stereocenters. The van der Waals surface area contributed by atoms with Crippen molar-refractivity contribution in [2.24, 2.45) is 5.73 Å². The van der Waals surface area contributed by atoms with E-state index in [1.165, 1.54) is 16.7 Å². The number of ether oxygens (including phenoxy) is 2. The van der Waals surface area contributed by atoms with Crippen molar-refractivity contribution in [3.05, 3.63) is 203 Å². The number of aromatic amines is 1. The van der Waals surface area contributed by atoms with Gasteiger partial charge in [-0.2, -0.15) is 5.10 Å². The first-order valence-electron chi connectivity index (χ1n) is 26.4. The van der Waals surface area contributed by atoms with Crippen molar-refractivity contribution in [2.75, 3.05) is 19.6 Å². The van der Waals surface area contributed by atoms with Gasteiger partial charge in [-0.05, 0) is 70.5 Å². The molecule has 432 valence electrons. The van der Waals surface area contributed by atoms with Gasteiger partial charge in [0.25, 0.3) is 0 Å². The molecule has 2 amide bonds. The molecule has 0 aliphatic heterocycles. The first-order chi connectivity index (χ1) is 39.1. The van der Waals surface area contributed by atoms with E-state index in [-0.39, 0.29) is 12.4 Å². The normalized spacial score (nSPS) is 10.8. The molecule has 16 nitrogen and oxygen atoms in total. The standard InChI is InChI=1S/C22H26N4O2S.C17H18N4S.C15H20N4O2S.C7H7Br.ClH/c1-22(2,3)28-21(27)23-14-15-26-19(18-12-8-5-9-13-18)24-25-20(26)29-16-17-10-6-4-7-11-17;18-11-12-21-16(15-9-5-2-6-10-15)19-20-17(21)22-13-14-7-3-1-4-8-14;1-15(2,3)21-14(20)16-9-10-19-12(17-18-13(19)22)11-7-5-4-6-8-11;8-6-7-4-2-1-3-5-7;/h4-13H,14-16H2,1-3H3,(H,23,27);1-10H,11-13,18H2;4-8H,9-10H2,1-3H3,(H,16,20)(H,18,22);1-5H,6H2;1H. The Hall–Kier alpha value is -7.07. The van der Waals surface area contributed by atoms with Crippen molar-refractivity contribution in [3.8, 4) is 34.2 Å². The number of amides is 2. The maximum Gasteiger partial charge on any atom is 0.407 e. The SMILES string of the molecule is BrCc1ccccc1.CC(C)(C)OC(=O)NCCn1c(-c2ccccc2)n[nH]c1=S.CC(C)(C)OC(=O)NCCn1c(SCc2ccccc2)nnc1-c1ccccc1.Cl.NCCn1c(SCc2ccccc2)nnc1-c1ccccc1. The average molecular weight is 1250 g/mol. The van der Waals surface area contributed by atoms with E-state index in [2.05, 4.69) is 110 Å². The number of alkyl carbamates (subject to hydrolysis) is 2. The Kier molecular flexibility index (Phi) is 27.6. The summed E-state index contributed by atoms with van der Waals surface area (Å²) in [5.41, 5.74) is 11.6. The number of alkyl halides is 1. The van der Waals surface area contributed by atoms with Crippen LogP contribution in [0.15, 0.2) is 192 Å². The molecule has 21 heteroatoms. The summed E-state index contributed by atoms with van der Waals surface area (Å²) in [6.45, 7) is 14.2. The molecule has 0 fully saturated rings. The quantitative estimate of drug-likeness (QED) is 0.0360. The Balaban J connectivity index is 0.000000212. The van der Waals surface area contributed by atoms with Gasteiger partial charge in [0.05, 0.1) is 0 Å². The fourth-order valence-electron chi connectivity index (χ4n) is 7.44. The lowest BCUT2D eigenvalue weighted by Gasteiger charge is -2.20. The van der Waals surface area contributed by atoms with Crippen LogP contribution < -0.4 is 16.4 Å². The molecule has 0 unspecified atom stereocenters. The van der Waals surface area contributed by atoms with Crippen LogP contribution in [0.2, 0.25) is 0 Å². The van der Waals surface area contributed by atoms with Crippen molar-refractivity contribution < 1.29 is 19.1 Å². The number of nitrogens with two attached hydrogens (primary N) is 1. The van der Waals surface area contributed by atoms with Crippen LogP contribution in [-0.2, 0) is 45.9 Å². The summed E-state index contributed by atoms with van der Waals surface area (Å²) < 4.78 is 17.0. The number of nitrogens with one attached hydrogen (secondary N) is 3. The molecule has 0 aliphatic carbocycles. The minimum absolute atomic E-state index is 0. The molecule has 9 rings (SSSR count). The monoisotopic (exact) mass is 1250 g/mol. The van der Waals surface area contributed by atoms with Crippen LogP contribution in [0, 0.1) is 4.77 Å². The Morgan fingerprint density at radius 1 is 0.524 bits per heavy atom. The van der Waals surface area contributed by atoms with E-state index in [4.69, 9.17) is 27.4 Å². The molecule has 0 aliphatic rings. The predicted molar refractivity (Wildman–Crippen MR) is 340 cm³/mol. The van der Waals surface area contributed by atoms with Crippen LogP contribution in [-0.4, -0.2) is 87.3 Å². The Bertz CT molecular complexity index is 3310. The topological polar surface area (TPSA) is 198 Å². The number of hydrogen-bond donors (Lipinski definition) is 4. The van der Waals surface area contributed by atoms with Crippen molar-refractivity contribution in [3.63, 3.8) is 0 Å². The highest BCUT2D eigenvalue weighted by Crippen LogP contribution is 2.28. The second kappa shape index (κ2) is 34.4. The summed E-state index contributed by atoms with van der Waals surface area (Å²) in [5.74, 6) is 4.08. The van der Waals surface area contributed by atoms with Gasteiger partial charge in [0.1, 0.15) is 11.2 Å². The van der Waals surface area contributed by atoms with Gasteiger partial charge in [-0.3, -0.25) is 9.67 Å². The highest BCUT2D eigenvalue weighted by Gasteiger charge is 2.19. The third kappa shape index (κ3) is 22.7. The fourth-order valence-corrected chi connectivity index (χ4v) is 9.87. The van der Waals surface area contributed by atoms with Gasteiger partial charge in [-0.15, -0.1) is 32.8 Å². The molecule has 9 aromatic rings. The molecular formula is C61H72BrClN12O4S3. The Morgan fingerprint density at radius 3 is 1.22 bits per heavy atom. The zero-order valence-corrected chi connectivity index (χ0v) is 51.8. The number of nitrogens with zero attached hydrogens (tertiary/aromatic N) is 8. The van der Waals surface area contributed by atoms with Gasteiger partial charge in [0, 0.05) is 72.8 Å². The van der Waals surface area contributed by atoms with Gasteiger partial charge in [0.2, 0.25) is 0 Å². The number of aromatic nitrogens is 9. The third-order valence-electron chi connectivity index (χ3n) is 11.1. The highest BCUT2D eigenvalue weighted by atomic mass is 79.9. The van der Waals surface area contributed by atoms with Crippen LogP contribution >= 0.6 is 64.1 Å². The fraction of sp³-hybridized carbons (Fsp3) is 0.279. The van der Waals surface area contributed by atoms with Gasteiger partial charge < -0.3 is 35.0 Å². The molecule has 0 saturated heterocycles. The van der Waals surface area contributed by atoms with Crippen LogP contribution in [0.5, 0.6) is 0 Å². The number of carbonyl (C=O) groups is 2. The zero-order chi connectivity index (χ0) is 57.9. The lowest BCUT2D eigenvalue weighted by atomic mass is 10.2. The van der Waals surface area contributed by atoms with E-state index in [9.17, 15) is 9.59 Å². The number of carbonyl (C=O) groups excluding carboxylic acids is 2. The van der Waals surface area contributed by atoms with E-state index in [0.717, 1.165) is 61.3 Å². The van der Waals surface area contributed by atoms with E-state index in [1.807, 2.05) is 184 Å². The molecule has 0 radical (unpaired) electrons. The number of H-pyrrole nitrogens is 1. The summed E-state index contributed by atoms with van der Waals surface area (Å²) in [5, 5.41) is 32.7. The first kappa shape index (κ1) is 65.7. The molecule has 0 spiro atoms. The van der Waals surface area contributed by atoms with E-state index in [0.29, 0.717) is 44.0 Å². The number of rotatable bonds is 18. The Labute approximate surface area is 509 Å². The van der Waals surface area contributed by atoms with Crippen LogP contribution in [0.3, 0.4) is 0 Å². The van der Waals surface area contributed by atoms with Gasteiger partial charge >= 0.3 is 12.2 Å². The lowest BCUT2D eigenvalue weighted by Crippen LogP contribution is -2.34. The third-order valence-corrected chi connectivity index (χ3v) is 14.1. The number of halogens is 2. The Morgan fingerprint density at radius 2 is 0.866 bits per heavy atom. The van der Waals surface area contributed by atoms with Crippen molar-refractivity contribution >= 4 is 76.3 Å². The molecule has 82 heavy (non-hydrogen) atoms. The highest BCUT2D eigenvalue weighted by molar-refractivity contribution is 9.08.